The summed E-state index contributed by atoms with van der Waals surface area (Å²) in [5.74, 6) is -1.59. The molecule has 0 aliphatic rings. The van der Waals surface area contributed by atoms with Crippen molar-refractivity contribution >= 4 is 23.3 Å². The molecule has 0 aliphatic carbocycles. The first-order chi connectivity index (χ1) is 12.8. The van der Waals surface area contributed by atoms with Crippen LogP contribution in [0.4, 0.5) is 5.69 Å². The summed E-state index contributed by atoms with van der Waals surface area (Å²) in [4.78, 5) is 36.2. The highest BCUT2D eigenvalue weighted by atomic mass is 16.5. The first-order valence-electron chi connectivity index (χ1n) is 8.01. The molecule has 9 heteroatoms. The Morgan fingerprint density at radius 1 is 1.07 bits per heavy atom. The van der Waals surface area contributed by atoms with E-state index in [9.17, 15) is 14.4 Å². The number of carbonyl (C=O) groups is 3. The number of amides is 1. The van der Waals surface area contributed by atoms with Crippen molar-refractivity contribution < 1.29 is 28.6 Å². The van der Waals surface area contributed by atoms with Crippen molar-refractivity contribution in [3.63, 3.8) is 0 Å². The molecule has 0 bridgehead atoms. The number of anilines is 1. The summed E-state index contributed by atoms with van der Waals surface area (Å²) in [6, 6.07) is 4.80. The van der Waals surface area contributed by atoms with Gasteiger partial charge in [-0.3, -0.25) is 14.3 Å². The highest BCUT2D eigenvalue weighted by molar-refractivity contribution is 6.41. The summed E-state index contributed by atoms with van der Waals surface area (Å²) in [5, 5.41) is 6.63. The lowest BCUT2D eigenvalue weighted by atomic mass is 10.1. The van der Waals surface area contributed by atoms with Gasteiger partial charge in [-0.1, -0.05) is 0 Å². The van der Waals surface area contributed by atoms with Gasteiger partial charge in [-0.05, 0) is 13.8 Å². The van der Waals surface area contributed by atoms with Crippen molar-refractivity contribution in [2.45, 2.75) is 13.8 Å². The van der Waals surface area contributed by atoms with Crippen LogP contribution >= 0.6 is 0 Å². The maximum atomic E-state index is 12.2. The minimum absolute atomic E-state index is 0.181. The van der Waals surface area contributed by atoms with Crippen molar-refractivity contribution in [2.24, 2.45) is 7.05 Å². The number of nitrogens with zero attached hydrogens (tertiary/aromatic N) is 2. The molecule has 0 spiro atoms. The normalized spacial score (nSPS) is 10.3. The zero-order valence-corrected chi connectivity index (χ0v) is 15.8. The molecule has 9 nitrogen and oxygen atoms in total. The highest BCUT2D eigenvalue weighted by Crippen LogP contribution is 2.25. The summed E-state index contributed by atoms with van der Waals surface area (Å²) in [7, 11) is 4.63. The van der Waals surface area contributed by atoms with E-state index in [4.69, 9.17) is 14.2 Å². The molecule has 1 aromatic carbocycles. The molecule has 2 rings (SSSR count). The van der Waals surface area contributed by atoms with E-state index < -0.39 is 24.3 Å². The van der Waals surface area contributed by atoms with Crippen LogP contribution in [-0.4, -0.2) is 48.3 Å². The second-order valence-corrected chi connectivity index (χ2v) is 5.72. The van der Waals surface area contributed by atoms with Gasteiger partial charge in [-0.25, -0.2) is 4.79 Å². The Labute approximate surface area is 156 Å². The van der Waals surface area contributed by atoms with Gasteiger partial charge in [-0.2, -0.15) is 5.10 Å². The fraction of sp³-hybridized carbons (Fsp3) is 0.333. The summed E-state index contributed by atoms with van der Waals surface area (Å²) in [6.45, 7) is 2.68. The lowest BCUT2D eigenvalue weighted by Crippen LogP contribution is -2.25. The number of hydrogen-bond donors (Lipinski definition) is 1. The average Bonchev–Trinajstić information content (AvgIpc) is 2.90. The van der Waals surface area contributed by atoms with Crippen LogP contribution in [0.3, 0.4) is 0 Å². The Hall–Kier alpha value is -3.36. The molecule has 1 N–H and O–H groups in total. The molecular weight excluding hydrogens is 354 g/mol. The highest BCUT2D eigenvalue weighted by Gasteiger charge is 2.25. The standard InChI is InChI=1S/C18H21N3O6/c1-10-16(11(2)21(3)20-10)17(23)18(24)27-9-15(22)19-12-6-13(25-4)8-14(7-12)26-5/h6-8H,9H2,1-5H3,(H,19,22). The molecular formula is C18H21N3O6. The number of nitrogens with one attached hydrogen (secondary N) is 1. The molecule has 1 heterocycles. The fourth-order valence-electron chi connectivity index (χ4n) is 2.48. The number of benzene rings is 1. The van der Waals surface area contributed by atoms with Crippen molar-refractivity contribution in [3.05, 3.63) is 35.2 Å². The SMILES string of the molecule is COc1cc(NC(=O)COC(=O)C(=O)c2c(C)nn(C)c2C)cc(OC)c1. The van der Waals surface area contributed by atoms with Crippen LogP contribution < -0.4 is 14.8 Å². The van der Waals surface area contributed by atoms with Crippen molar-refractivity contribution in [1.29, 1.82) is 0 Å². The van der Waals surface area contributed by atoms with E-state index in [0.717, 1.165) is 0 Å². The average molecular weight is 375 g/mol. The maximum absolute atomic E-state index is 12.2. The Morgan fingerprint density at radius 3 is 2.15 bits per heavy atom. The molecule has 0 radical (unpaired) electrons. The Morgan fingerprint density at radius 2 is 1.67 bits per heavy atom. The molecule has 1 amide bonds. The number of esters is 1. The van der Waals surface area contributed by atoms with E-state index in [1.807, 2.05) is 0 Å². The van der Waals surface area contributed by atoms with E-state index in [0.29, 0.717) is 28.6 Å². The largest absolute Gasteiger partial charge is 0.497 e. The Kier molecular flexibility index (Phi) is 6.17. The number of aromatic nitrogens is 2. The third kappa shape index (κ3) is 4.63. The molecule has 0 atom stereocenters. The lowest BCUT2D eigenvalue weighted by molar-refractivity contribution is -0.142. The second-order valence-electron chi connectivity index (χ2n) is 5.72. The first kappa shape index (κ1) is 20.0. The van der Waals surface area contributed by atoms with E-state index >= 15 is 0 Å². The molecule has 0 saturated carbocycles. The van der Waals surface area contributed by atoms with Gasteiger partial charge in [0.2, 0.25) is 0 Å². The van der Waals surface area contributed by atoms with E-state index in [-0.39, 0.29) is 5.56 Å². The van der Waals surface area contributed by atoms with Crippen LogP contribution in [0.2, 0.25) is 0 Å². The molecule has 27 heavy (non-hydrogen) atoms. The smallest absolute Gasteiger partial charge is 0.380 e. The van der Waals surface area contributed by atoms with Crippen LogP contribution in [0.25, 0.3) is 0 Å². The van der Waals surface area contributed by atoms with E-state index in [1.165, 1.54) is 18.9 Å². The van der Waals surface area contributed by atoms with Gasteiger partial charge < -0.3 is 19.5 Å². The summed E-state index contributed by atoms with van der Waals surface area (Å²) in [5.41, 5.74) is 1.55. The fourth-order valence-corrected chi connectivity index (χ4v) is 2.48. The van der Waals surface area contributed by atoms with Crippen LogP contribution in [0, 0.1) is 13.8 Å². The summed E-state index contributed by atoms with van der Waals surface area (Å²) < 4.78 is 16.5. The molecule has 0 aliphatic heterocycles. The van der Waals surface area contributed by atoms with Crippen molar-refractivity contribution in [3.8, 4) is 11.5 Å². The van der Waals surface area contributed by atoms with Crippen LogP contribution in [-0.2, 0) is 21.4 Å². The van der Waals surface area contributed by atoms with Crippen LogP contribution in [0.1, 0.15) is 21.7 Å². The Bertz CT molecular complexity index is 865. The molecule has 144 valence electrons. The van der Waals surface area contributed by atoms with Gasteiger partial charge in [0.25, 0.3) is 11.7 Å². The summed E-state index contributed by atoms with van der Waals surface area (Å²) in [6.07, 6.45) is 0. The minimum Gasteiger partial charge on any atom is -0.497 e. The number of hydrogen-bond acceptors (Lipinski definition) is 7. The minimum atomic E-state index is -1.12. The number of aryl methyl sites for hydroxylation is 2. The third-order valence-corrected chi connectivity index (χ3v) is 3.89. The van der Waals surface area contributed by atoms with Crippen molar-refractivity contribution in [2.75, 3.05) is 26.1 Å². The van der Waals surface area contributed by atoms with Crippen LogP contribution in [0.15, 0.2) is 18.2 Å². The van der Waals surface area contributed by atoms with Gasteiger partial charge in [0.05, 0.1) is 25.5 Å². The molecule has 0 fully saturated rings. The maximum Gasteiger partial charge on any atom is 0.380 e. The van der Waals surface area contributed by atoms with Gasteiger partial charge >= 0.3 is 5.97 Å². The molecule has 0 unspecified atom stereocenters. The number of ether oxygens (including phenoxy) is 3. The summed E-state index contributed by atoms with van der Waals surface area (Å²) >= 11 is 0. The lowest BCUT2D eigenvalue weighted by Gasteiger charge is -2.10. The molecule has 0 saturated heterocycles. The number of ketones is 1. The van der Waals surface area contributed by atoms with Gasteiger partial charge in [0.1, 0.15) is 11.5 Å². The molecule has 2 aromatic rings. The zero-order valence-electron chi connectivity index (χ0n) is 15.8. The van der Waals surface area contributed by atoms with E-state index in [2.05, 4.69) is 10.4 Å². The zero-order chi connectivity index (χ0) is 20.1. The van der Waals surface area contributed by atoms with Gasteiger partial charge in [-0.15, -0.1) is 0 Å². The predicted octanol–water partition coefficient (Wildman–Crippen LogP) is 1.42. The number of carbonyl (C=O) groups excluding carboxylic acids is 3. The quantitative estimate of drug-likeness (QED) is 0.443. The number of Topliss-reactive ketones (excluding diaryl/α,β-unsaturated/α-hetero) is 1. The monoisotopic (exact) mass is 375 g/mol. The van der Waals surface area contributed by atoms with Crippen molar-refractivity contribution in [1.82, 2.24) is 9.78 Å². The van der Waals surface area contributed by atoms with E-state index in [1.54, 1.807) is 39.1 Å². The molecule has 1 aromatic heterocycles. The second kappa shape index (κ2) is 8.35. The number of methoxy groups -OCH3 is 2. The predicted molar refractivity (Wildman–Crippen MR) is 96.1 cm³/mol. The third-order valence-electron chi connectivity index (χ3n) is 3.89. The van der Waals surface area contributed by atoms with Gasteiger partial charge in [0, 0.05) is 36.6 Å². The van der Waals surface area contributed by atoms with Crippen LogP contribution in [0.5, 0.6) is 11.5 Å². The Balaban J connectivity index is 1.99. The van der Waals surface area contributed by atoms with Gasteiger partial charge in [0.15, 0.2) is 6.61 Å². The topological polar surface area (TPSA) is 109 Å². The number of rotatable bonds is 7. The first-order valence-corrected chi connectivity index (χ1v) is 8.01.